The molecule has 0 fully saturated rings. The summed E-state index contributed by atoms with van der Waals surface area (Å²) in [6.45, 7) is 2.98. The van der Waals surface area contributed by atoms with Crippen molar-refractivity contribution in [2.75, 3.05) is 6.54 Å². The van der Waals surface area contributed by atoms with Crippen LogP contribution in [0, 0.1) is 0 Å². The van der Waals surface area contributed by atoms with Gasteiger partial charge >= 0.3 is 0 Å². The van der Waals surface area contributed by atoms with Gasteiger partial charge in [0.2, 0.25) is 5.96 Å². The van der Waals surface area contributed by atoms with Crippen molar-refractivity contribution in [2.45, 2.75) is 26.2 Å². The van der Waals surface area contributed by atoms with E-state index < -0.39 is 0 Å². The third-order valence-corrected chi connectivity index (χ3v) is 3.54. The molecule has 0 aromatic carbocycles. The molecule has 2 aromatic rings. The first-order valence-corrected chi connectivity index (χ1v) is 7.55. The van der Waals surface area contributed by atoms with E-state index in [1.165, 1.54) is 12.8 Å². The number of pyridine rings is 1. The number of carbonyl (C=O) groups excluding carboxylic acids is 1. The maximum absolute atomic E-state index is 12.0. The monoisotopic (exact) mass is 369 g/mol. The van der Waals surface area contributed by atoms with Gasteiger partial charge in [0.25, 0.3) is 5.91 Å². The van der Waals surface area contributed by atoms with E-state index in [1.54, 1.807) is 12.3 Å². The summed E-state index contributed by atoms with van der Waals surface area (Å²) in [6.07, 6.45) is 8.74. The molecule has 1 aliphatic rings. The van der Waals surface area contributed by atoms with Crippen LogP contribution in [-0.4, -0.2) is 28.4 Å². The van der Waals surface area contributed by atoms with Crippen molar-refractivity contribution in [2.24, 2.45) is 4.99 Å². The lowest BCUT2D eigenvalue weighted by Crippen LogP contribution is -2.36. The Hall–Kier alpha value is -2.05. The number of amides is 1. The third kappa shape index (κ3) is 4.49. The zero-order valence-electron chi connectivity index (χ0n) is 13.3. The number of fused-ring (bicyclic) bond motifs is 1. The van der Waals surface area contributed by atoms with Crippen molar-refractivity contribution < 1.29 is 4.79 Å². The van der Waals surface area contributed by atoms with Crippen LogP contribution in [0.15, 0.2) is 35.2 Å². The molecule has 2 aromatic heterocycles. The molecular formula is C16H21Cl2N5O. The van der Waals surface area contributed by atoms with Crippen LogP contribution in [0.5, 0.6) is 0 Å². The summed E-state index contributed by atoms with van der Waals surface area (Å²) in [6, 6.07) is 3.84. The zero-order valence-corrected chi connectivity index (χ0v) is 15.0. The Balaban J connectivity index is 0.00000144. The number of nitrogens with zero attached hydrogens (tertiary/aromatic N) is 2. The molecule has 0 radical (unpaired) electrons. The minimum absolute atomic E-state index is 0. The summed E-state index contributed by atoms with van der Waals surface area (Å²) in [5.41, 5.74) is 2.11. The summed E-state index contributed by atoms with van der Waals surface area (Å²) in [4.78, 5) is 23.6. The van der Waals surface area contributed by atoms with Gasteiger partial charge in [0, 0.05) is 29.9 Å². The van der Waals surface area contributed by atoms with Gasteiger partial charge in [-0.1, -0.05) is 19.8 Å². The van der Waals surface area contributed by atoms with Crippen LogP contribution in [0.4, 0.5) is 0 Å². The second-order valence-corrected chi connectivity index (χ2v) is 5.22. The van der Waals surface area contributed by atoms with Crippen molar-refractivity contribution in [1.82, 2.24) is 20.6 Å². The lowest BCUT2D eigenvalue weighted by molar-refractivity contribution is -0.115. The molecule has 0 saturated heterocycles. The minimum Gasteiger partial charge on any atom is -0.356 e. The largest absolute Gasteiger partial charge is 0.356 e. The minimum atomic E-state index is -0.184. The average Bonchev–Trinajstić information content (AvgIpc) is 3.09. The molecule has 1 amide bonds. The predicted octanol–water partition coefficient (Wildman–Crippen LogP) is 3.01. The molecule has 0 bridgehead atoms. The van der Waals surface area contributed by atoms with Crippen LogP contribution in [-0.2, 0) is 4.79 Å². The number of aromatic nitrogens is 2. The first-order valence-electron chi connectivity index (χ1n) is 7.55. The topological polar surface area (TPSA) is 82.2 Å². The molecule has 24 heavy (non-hydrogen) atoms. The second kappa shape index (κ2) is 9.30. The molecule has 8 heteroatoms. The van der Waals surface area contributed by atoms with Crippen LogP contribution in [0.1, 0.15) is 31.7 Å². The highest BCUT2D eigenvalue weighted by molar-refractivity contribution is 6.14. The summed E-state index contributed by atoms with van der Waals surface area (Å²) in [7, 11) is 0. The molecule has 0 unspecified atom stereocenters. The van der Waals surface area contributed by atoms with E-state index in [1.807, 2.05) is 18.3 Å². The first-order chi connectivity index (χ1) is 10.8. The molecule has 0 atom stereocenters. The Kier molecular flexibility index (Phi) is 7.74. The molecule has 6 nitrogen and oxygen atoms in total. The van der Waals surface area contributed by atoms with Crippen molar-refractivity contribution in [3.8, 4) is 0 Å². The number of guanidine groups is 1. The van der Waals surface area contributed by atoms with Crippen molar-refractivity contribution in [3.05, 3.63) is 35.8 Å². The number of H-pyrrole nitrogens is 1. The van der Waals surface area contributed by atoms with Gasteiger partial charge in [-0.3, -0.25) is 10.1 Å². The maximum atomic E-state index is 12.0. The average molecular weight is 370 g/mol. The molecule has 3 N–H and O–H groups in total. The molecule has 3 rings (SSSR count). The standard InChI is InChI=1S/C16H19N5O.2ClH/c1-2-3-4-7-18-16-20-13(15(22)21-16)9-11-10-19-14-12(11)6-5-8-17-14;;/h5-6,8-10H,2-4,7H2,1H3,(H,17,19)(H2,18,20,21,22);2*1H/b13-9-;;. The second-order valence-electron chi connectivity index (χ2n) is 5.22. The summed E-state index contributed by atoms with van der Waals surface area (Å²) in [5, 5.41) is 6.87. The number of rotatable bonds is 5. The Morgan fingerprint density at radius 2 is 2.12 bits per heavy atom. The van der Waals surface area contributed by atoms with Gasteiger partial charge in [-0.15, -0.1) is 24.8 Å². The van der Waals surface area contributed by atoms with E-state index >= 15 is 0 Å². The van der Waals surface area contributed by atoms with Crippen LogP contribution in [0.2, 0.25) is 0 Å². The number of nitrogens with one attached hydrogen (secondary N) is 3. The van der Waals surface area contributed by atoms with Gasteiger partial charge < -0.3 is 10.3 Å². The highest BCUT2D eigenvalue weighted by Gasteiger charge is 2.20. The highest BCUT2D eigenvalue weighted by atomic mass is 35.5. The van der Waals surface area contributed by atoms with E-state index in [0.717, 1.165) is 29.6 Å². The number of halogens is 2. The molecule has 1 aliphatic heterocycles. The van der Waals surface area contributed by atoms with Crippen LogP contribution in [0.3, 0.4) is 0 Å². The van der Waals surface area contributed by atoms with Gasteiger partial charge in [0.05, 0.1) is 0 Å². The normalized spacial score (nSPS) is 14.8. The number of hydrogen-bond acceptors (Lipinski definition) is 4. The van der Waals surface area contributed by atoms with Gasteiger partial charge in [-0.25, -0.2) is 9.98 Å². The number of unbranched alkanes of at least 4 members (excludes halogenated alkanes) is 2. The fraction of sp³-hybridized carbons (Fsp3) is 0.312. The molecule has 0 saturated carbocycles. The number of aromatic amines is 1. The SMILES string of the molecule is CCCCCNC1=N/C(=C\c2c[nH]c3ncccc23)C(=O)N1.Cl.Cl. The number of hydrogen-bond donors (Lipinski definition) is 3. The fourth-order valence-electron chi connectivity index (χ4n) is 2.38. The van der Waals surface area contributed by atoms with Gasteiger partial charge in [0.1, 0.15) is 11.3 Å². The quantitative estimate of drug-likeness (QED) is 0.559. The van der Waals surface area contributed by atoms with Gasteiger partial charge in [-0.05, 0) is 24.6 Å². The molecule has 0 spiro atoms. The van der Waals surface area contributed by atoms with Crippen LogP contribution < -0.4 is 10.6 Å². The number of carbonyl (C=O) groups is 1. The lowest BCUT2D eigenvalue weighted by Gasteiger charge is -2.03. The highest BCUT2D eigenvalue weighted by Crippen LogP contribution is 2.20. The Morgan fingerprint density at radius 3 is 2.92 bits per heavy atom. The van der Waals surface area contributed by atoms with E-state index in [0.29, 0.717) is 11.7 Å². The molecular weight excluding hydrogens is 349 g/mol. The van der Waals surface area contributed by atoms with E-state index in [2.05, 4.69) is 32.5 Å². The van der Waals surface area contributed by atoms with Crippen LogP contribution in [0.25, 0.3) is 17.1 Å². The third-order valence-electron chi connectivity index (χ3n) is 3.54. The van der Waals surface area contributed by atoms with Crippen molar-refractivity contribution in [3.63, 3.8) is 0 Å². The summed E-state index contributed by atoms with van der Waals surface area (Å²) in [5.74, 6) is 0.349. The zero-order chi connectivity index (χ0) is 15.4. The molecule has 130 valence electrons. The molecule has 0 aliphatic carbocycles. The Bertz CT molecular complexity index is 754. The summed E-state index contributed by atoms with van der Waals surface area (Å²) < 4.78 is 0. The van der Waals surface area contributed by atoms with E-state index in [4.69, 9.17) is 0 Å². The molecule has 3 heterocycles. The lowest BCUT2D eigenvalue weighted by atomic mass is 10.2. The number of aliphatic imine (C=N–C) groups is 1. The first kappa shape index (κ1) is 20.0. The predicted molar refractivity (Wildman–Crippen MR) is 102 cm³/mol. The van der Waals surface area contributed by atoms with Crippen molar-refractivity contribution >= 4 is 53.8 Å². The van der Waals surface area contributed by atoms with Gasteiger partial charge in [0.15, 0.2) is 0 Å². The van der Waals surface area contributed by atoms with E-state index in [-0.39, 0.29) is 30.7 Å². The fourth-order valence-corrected chi connectivity index (χ4v) is 2.38. The smallest absolute Gasteiger partial charge is 0.276 e. The van der Waals surface area contributed by atoms with Crippen LogP contribution >= 0.6 is 24.8 Å². The Labute approximate surface area is 153 Å². The van der Waals surface area contributed by atoms with Crippen molar-refractivity contribution in [1.29, 1.82) is 0 Å². The summed E-state index contributed by atoms with van der Waals surface area (Å²) >= 11 is 0. The van der Waals surface area contributed by atoms with Gasteiger partial charge in [-0.2, -0.15) is 0 Å². The maximum Gasteiger partial charge on any atom is 0.276 e. The van der Waals surface area contributed by atoms with E-state index in [9.17, 15) is 4.79 Å². The Morgan fingerprint density at radius 1 is 1.29 bits per heavy atom.